The Balaban J connectivity index is 2.07. The predicted molar refractivity (Wildman–Crippen MR) is 86.9 cm³/mol. The van der Waals surface area contributed by atoms with Gasteiger partial charge in [0.05, 0.1) is 0 Å². The molecule has 1 aliphatic carbocycles. The lowest BCUT2D eigenvalue weighted by molar-refractivity contribution is 0.582. The molecule has 2 nitrogen and oxygen atoms in total. The van der Waals surface area contributed by atoms with E-state index >= 15 is 0 Å². The Kier molecular flexibility index (Phi) is 3.99. The third kappa shape index (κ3) is 2.82. The molecule has 1 aliphatic rings. The van der Waals surface area contributed by atoms with Gasteiger partial charge < -0.3 is 0 Å². The molecule has 0 atom stereocenters. The summed E-state index contributed by atoms with van der Waals surface area (Å²) >= 11 is 6.46. The summed E-state index contributed by atoms with van der Waals surface area (Å²) in [5, 5.41) is 0.654. The molecule has 21 heavy (non-hydrogen) atoms. The number of benzene rings is 1. The SMILES string of the molecule is CC(C)(c1ccccc1)c1nc(Cl)c2c(n1)CCCCC2. The highest BCUT2D eigenvalue weighted by Gasteiger charge is 2.28. The zero-order valence-electron chi connectivity index (χ0n) is 12.7. The lowest BCUT2D eigenvalue weighted by Gasteiger charge is -2.25. The number of hydrogen-bond acceptors (Lipinski definition) is 2. The number of nitrogens with zero attached hydrogens (tertiary/aromatic N) is 2. The van der Waals surface area contributed by atoms with Gasteiger partial charge in [-0.2, -0.15) is 0 Å². The fraction of sp³-hybridized carbons (Fsp3) is 0.444. The number of aromatic nitrogens is 2. The van der Waals surface area contributed by atoms with Gasteiger partial charge in [0.1, 0.15) is 11.0 Å². The molecule has 0 saturated carbocycles. The molecule has 0 spiro atoms. The van der Waals surface area contributed by atoms with Crippen molar-refractivity contribution in [3.8, 4) is 0 Å². The molecular weight excluding hydrogens is 280 g/mol. The highest BCUT2D eigenvalue weighted by atomic mass is 35.5. The Morgan fingerprint density at radius 2 is 1.67 bits per heavy atom. The molecule has 3 heteroatoms. The van der Waals surface area contributed by atoms with Crippen LogP contribution in [0.1, 0.15) is 55.8 Å². The van der Waals surface area contributed by atoms with Crippen LogP contribution in [0, 0.1) is 0 Å². The maximum atomic E-state index is 6.46. The Morgan fingerprint density at radius 3 is 2.43 bits per heavy atom. The van der Waals surface area contributed by atoms with Gasteiger partial charge in [0.15, 0.2) is 0 Å². The summed E-state index contributed by atoms with van der Waals surface area (Å²) < 4.78 is 0. The lowest BCUT2D eigenvalue weighted by atomic mass is 9.83. The third-order valence-corrected chi connectivity index (χ3v) is 4.75. The van der Waals surface area contributed by atoms with Crippen molar-refractivity contribution in [1.82, 2.24) is 9.97 Å². The average Bonchev–Trinajstić information content (AvgIpc) is 2.74. The van der Waals surface area contributed by atoms with Gasteiger partial charge in [0.2, 0.25) is 0 Å². The van der Waals surface area contributed by atoms with E-state index in [0.717, 1.165) is 24.4 Å². The van der Waals surface area contributed by atoms with Crippen LogP contribution in [0.5, 0.6) is 0 Å². The Morgan fingerprint density at radius 1 is 0.952 bits per heavy atom. The van der Waals surface area contributed by atoms with Gasteiger partial charge in [0, 0.05) is 16.7 Å². The summed E-state index contributed by atoms with van der Waals surface area (Å²) in [6.07, 6.45) is 5.68. The van der Waals surface area contributed by atoms with Crippen LogP contribution < -0.4 is 0 Å². The highest BCUT2D eigenvalue weighted by molar-refractivity contribution is 6.30. The van der Waals surface area contributed by atoms with Crippen molar-refractivity contribution in [3.05, 3.63) is 58.1 Å². The van der Waals surface area contributed by atoms with E-state index < -0.39 is 0 Å². The summed E-state index contributed by atoms with van der Waals surface area (Å²) in [7, 11) is 0. The molecule has 0 fully saturated rings. The van der Waals surface area contributed by atoms with Crippen LogP contribution in [0.3, 0.4) is 0 Å². The van der Waals surface area contributed by atoms with Gasteiger partial charge >= 0.3 is 0 Å². The van der Waals surface area contributed by atoms with E-state index in [2.05, 4.69) is 43.1 Å². The zero-order valence-corrected chi connectivity index (χ0v) is 13.5. The predicted octanol–water partition coefficient (Wildman–Crippen LogP) is 4.72. The molecular formula is C18H21ClN2. The average molecular weight is 301 g/mol. The maximum absolute atomic E-state index is 6.46. The van der Waals surface area contributed by atoms with Crippen LogP contribution in [-0.4, -0.2) is 9.97 Å². The number of halogens is 1. The van der Waals surface area contributed by atoms with E-state index in [1.54, 1.807) is 0 Å². The zero-order chi connectivity index (χ0) is 14.9. The summed E-state index contributed by atoms with van der Waals surface area (Å²) in [5.41, 5.74) is 3.31. The molecule has 0 N–H and O–H groups in total. The molecule has 1 aromatic heterocycles. The quantitative estimate of drug-likeness (QED) is 0.592. The standard InChI is InChI=1S/C18H21ClN2/c1-18(2,13-9-5-3-6-10-13)17-20-15-12-8-4-7-11-14(15)16(19)21-17/h3,5-6,9-10H,4,7-8,11-12H2,1-2H3. The van der Waals surface area contributed by atoms with Crippen LogP contribution in [0.25, 0.3) is 0 Å². The highest BCUT2D eigenvalue weighted by Crippen LogP contribution is 2.32. The maximum Gasteiger partial charge on any atom is 0.140 e. The Bertz CT molecular complexity index is 635. The van der Waals surface area contributed by atoms with Gasteiger partial charge in [-0.25, -0.2) is 9.97 Å². The van der Waals surface area contributed by atoms with E-state index in [1.165, 1.54) is 30.4 Å². The van der Waals surface area contributed by atoms with Gasteiger partial charge in [-0.3, -0.25) is 0 Å². The molecule has 0 radical (unpaired) electrons. The minimum Gasteiger partial charge on any atom is -0.237 e. The fourth-order valence-electron chi connectivity index (χ4n) is 2.99. The molecule has 0 unspecified atom stereocenters. The minimum atomic E-state index is -0.230. The molecule has 1 aromatic carbocycles. The van der Waals surface area contributed by atoms with Crippen LogP contribution in [0.15, 0.2) is 30.3 Å². The van der Waals surface area contributed by atoms with E-state index in [4.69, 9.17) is 16.6 Å². The van der Waals surface area contributed by atoms with Crippen LogP contribution in [0.2, 0.25) is 5.15 Å². The summed E-state index contributed by atoms with van der Waals surface area (Å²) in [6, 6.07) is 10.4. The van der Waals surface area contributed by atoms with Gasteiger partial charge in [0.25, 0.3) is 0 Å². The van der Waals surface area contributed by atoms with Crippen molar-refractivity contribution in [2.45, 2.75) is 51.4 Å². The molecule has 1 heterocycles. The molecule has 0 amide bonds. The molecule has 2 aromatic rings. The lowest BCUT2D eigenvalue weighted by Crippen LogP contribution is -2.23. The number of fused-ring (bicyclic) bond motifs is 1. The van der Waals surface area contributed by atoms with Gasteiger partial charge in [-0.1, -0.05) is 48.4 Å². The summed E-state index contributed by atoms with van der Waals surface area (Å²) in [4.78, 5) is 9.52. The first kappa shape index (κ1) is 14.5. The van der Waals surface area contributed by atoms with Crippen molar-refractivity contribution in [2.24, 2.45) is 0 Å². The molecule has 0 bridgehead atoms. The molecule has 0 aliphatic heterocycles. The van der Waals surface area contributed by atoms with Gasteiger partial charge in [-0.15, -0.1) is 0 Å². The smallest absolute Gasteiger partial charge is 0.140 e. The largest absolute Gasteiger partial charge is 0.237 e. The number of rotatable bonds is 2. The van der Waals surface area contributed by atoms with Crippen molar-refractivity contribution in [2.75, 3.05) is 0 Å². The normalized spacial score (nSPS) is 15.4. The number of hydrogen-bond donors (Lipinski definition) is 0. The second-order valence-corrected chi connectivity index (χ2v) is 6.67. The fourth-order valence-corrected chi connectivity index (χ4v) is 3.27. The minimum absolute atomic E-state index is 0.230. The second-order valence-electron chi connectivity index (χ2n) is 6.31. The Labute approximate surface area is 131 Å². The first-order chi connectivity index (χ1) is 10.1. The van der Waals surface area contributed by atoms with Crippen LogP contribution >= 0.6 is 11.6 Å². The van der Waals surface area contributed by atoms with Crippen LogP contribution in [-0.2, 0) is 18.3 Å². The third-order valence-electron chi connectivity index (χ3n) is 4.44. The Hall–Kier alpha value is -1.41. The van der Waals surface area contributed by atoms with Crippen LogP contribution in [0.4, 0.5) is 0 Å². The van der Waals surface area contributed by atoms with Crippen molar-refractivity contribution in [3.63, 3.8) is 0 Å². The van der Waals surface area contributed by atoms with Gasteiger partial charge in [-0.05, 0) is 45.1 Å². The second kappa shape index (κ2) is 5.76. The topological polar surface area (TPSA) is 25.8 Å². The van der Waals surface area contributed by atoms with E-state index in [9.17, 15) is 0 Å². The van der Waals surface area contributed by atoms with E-state index in [1.807, 2.05) is 6.07 Å². The molecule has 0 saturated heterocycles. The summed E-state index contributed by atoms with van der Waals surface area (Å²) in [6.45, 7) is 4.33. The van der Waals surface area contributed by atoms with Crippen molar-refractivity contribution in [1.29, 1.82) is 0 Å². The molecule has 110 valence electrons. The van der Waals surface area contributed by atoms with E-state index in [0.29, 0.717) is 5.15 Å². The first-order valence-electron chi connectivity index (χ1n) is 7.70. The van der Waals surface area contributed by atoms with Crippen molar-refractivity contribution < 1.29 is 0 Å². The van der Waals surface area contributed by atoms with Crippen molar-refractivity contribution >= 4 is 11.6 Å². The van der Waals surface area contributed by atoms with E-state index in [-0.39, 0.29) is 5.41 Å². The monoisotopic (exact) mass is 300 g/mol. The first-order valence-corrected chi connectivity index (χ1v) is 8.08. The summed E-state index contributed by atoms with van der Waals surface area (Å²) in [5.74, 6) is 0.833. The molecule has 3 rings (SSSR count). The number of aryl methyl sites for hydroxylation is 1.